The van der Waals surface area contributed by atoms with Crippen LogP contribution in [0, 0.1) is 0 Å². The summed E-state index contributed by atoms with van der Waals surface area (Å²) in [4.78, 5) is 18.5. The molecular formula is C7H8ClN3O2. The first kappa shape index (κ1) is 9.73. The molecular weight excluding hydrogens is 194 g/mol. The summed E-state index contributed by atoms with van der Waals surface area (Å²) in [7, 11) is 2.94. The van der Waals surface area contributed by atoms with Crippen LogP contribution >= 0.6 is 11.6 Å². The maximum Gasteiger partial charge on any atom is 0.356 e. The Balaban J connectivity index is 3.08. The number of nitrogens with zero attached hydrogens (tertiary/aromatic N) is 2. The van der Waals surface area contributed by atoms with Gasteiger partial charge in [-0.3, -0.25) is 0 Å². The number of rotatable bonds is 2. The van der Waals surface area contributed by atoms with Gasteiger partial charge in [0.25, 0.3) is 0 Å². The molecule has 0 radical (unpaired) electrons. The minimum Gasteiger partial charge on any atom is -0.464 e. The van der Waals surface area contributed by atoms with E-state index in [1.807, 2.05) is 0 Å². The molecule has 1 rings (SSSR count). The topological polar surface area (TPSA) is 64.1 Å². The van der Waals surface area contributed by atoms with Crippen molar-refractivity contribution in [2.45, 2.75) is 0 Å². The maximum absolute atomic E-state index is 11.0. The van der Waals surface area contributed by atoms with Gasteiger partial charge < -0.3 is 10.1 Å². The lowest BCUT2D eigenvalue weighted by Crippen LogP contribution is -2.06. The average molecular weight is 202 g/mol. The van der Waals surface area contributed by atoms with Crippen molar-refractivity contribution in [3.8, 4) is 0 Å². The predicted molar refractivity (Wildman–Crippen MR) is 47.9 cm³/mol. The number of anilines is 1. The molecule has 6 heteroatoms. The van der Waals surface area contributed by atoms with Crippen LogP contribution in [0.4, 0.5) is 5.82 Å². The molecule has 0 aromatic carbocycles. The molecule has 0 aliphatic heterocycles. The van der Waals surface area contributed by atoms with Crippen molar-refractivity contribution in [1.29, 1.82) is 0 Å². The van der Waals surface area contributed by atoms with Crippen molar-refractivity contribution in [2.75, 3.05) is 19.5 Å². The molecule has 70 valence electrons. The summed E-state index contributed by atoms with van der Waals surface area (Å²) in [6, 6.07) is 1.46. The van der Waals surface area contributed by atoms with E-state index in [1.165, 1.54) is 13.2 Å². The number of ether oxygens (including phenoxy) is 1. The Morgan fingerprint density at radius 2 is 2.31 bits per heavy atom. The summed E-state index contributed by atoms with van der Waals surface area (Å²) in [6.45, 7) is 0. The van der Waals surface area contributed by atoms with E-state index in [1.54, 1.807) is 7.05 Å². The molecule has 0 atom stereocenters. The van der Waals surface area contributed by atoms with E-state index in [0.717, 1.165) is 0 Å². The van der Waals surface area contributed by atoms with Crippen LogP contribution < -0.4 is 5.32 Å². The molecule has 0 amide bonds. The van der Waals surface area contributed by atoms with E-state index in [4.69, 9.17) is 11.6 Å². The number of nitrogens with one attached hydrogen (secondary N) is 1. The van der Waals surface area contributed by atoms with Gasteiger partial charge in [-0.2, -0.15) is 0 Å². The third kappa shape index (κ3) is 2.29. The lowest BCUT2D eigenvalue weighted by atomic mass is 10.4. The van der Waals surface area contributed by atoms with Crippen molar-refractivity contribution < 1.29 is 9.53 Å². The predicted octanol–water partition coefficient (Wildman–Crippen LogP) is 0.958. The number of halogens is 1. The highest BCUT2D eigenvalue weighted by Crippen LogP contribution is 2.10. The third-order valence-electron chi connectivity index (χ3n) is 1.35. The fourth-order valence-electron chi connectivity index (χ4n) is 0.755. The zero-order chi connectivity index (χ0) is 9.84. The summed E-state index contributed by atoms with van der Waals surface area (Å²) < 4.78 is 4.48. The highest BCUT2D eigenvalue weighted by Gasteiger charge is 2.09. The van der Waals surface area contributed by atoms with Crippen LogP contribution in [0.2, 0.25) is 5.28 Å². The van der Waals surface area contributed by atoms with Crippen LogP contribution in [-0.4, -0.2) is 30.1 Å². The van der Waals surface area contributed by atoms with Gasteiger partial charge in [-0.1, -0.05) is 0 Å². The second kappa shape index (κ2) is 4.04. The SMILES string of the molecule is CNc1cc(C(=O)OC)nc(Cl)n1. The van der Waals surface area contributed by atoms with Gasteiger partial charge >= 0.3 is 5.97 Å². The molecule has 5 nitrogen and oxygen atoms in total. The molecule has 0 bridgehead atoms. The Morgan fingerprint density at radius 3 is 2.85 bits per heavy atom. The van der Waals surface area contributed by atoms with Gasteiger partial charge in [0.05, 0.1) is 7.11 Å². The summed E-state index contributed by atoms with van der Waals surface area (Å²) in [5.41, 5.74) is 0.131. The normalized spacial score (nSPS) is 9.46. The Hall–Kier alpha value is -1.36. The molecule has 13 heavy (non-hydrogen) atoms. The molecule has 0 aliphatic rings. The summed E-state index contributed by atoms with van der Waals surface area (Å²) >= 11 is 5.56. The van der Waals surface area contributed by atoms with E-state index < -0.39 is 5.97 Å². The van der Waals surface area contributed by atoms with Gasteiger partial charge in [0.2, 0.25) is 5.28 Å². The average Bonchev–Trinajstić information content (AvgIpc) is 2.15. The Kier molecular flexibility index (Phi) is 3.02. The third-order valence-corrected chi connectivity index (χ3v) is 1.52. The van der Waals surface area contributed by atoms with Gasteiger partial charge in [0.15, 0.2) is 5.69 Å². The fraction of sp³-hybridized carbons (Fsp3) is 0.286. The van der Waals surface area contributed by atoms with E-state index in [9.17, 15) is 4.79 Å². The first-order valence-electron chi connectivity index (χ1n) is 3.48. The highest BCUT2D eigenvalue weighted by molar-refractivity contribution is 6.28. The number of methoxy groups -OCH3 is 1. The van der Waals surface area contributed by atoms with E-state index >= 15 is 0 Å². The fourth-order valence-corrected chi connectivity index (χ4v) is 0.937. The number of aromatic nitrogens is 2. The first-order valence-corrected chi connectivity index (χ1v) is 3.86. The van der Waals surface area contributed by atoms with Crippen molar-refractivity contribution in [1.82, 2.24) is 9.97 Å². The second-order valence-corrected chi connectivity index (χ2v) is 2.49. The minimum atomic E-state index is -0.541. The molecule has 0 spiro atoms. The van der Waals surface area contributed by atoms with E-state index in [-0.39, 0.29) is 11.0 Å². The maximum atomic E-state index is 11.0. The van der Waals surface area contributed by atoms with Crippen LogP contribution in [0.5, 0.6) is 0 Å². The van der Waals surface area contributed by atoms with Gasteiger partial charge in [0, 0.05) is 13.1 Å². The molecule has 0 saturated carbocycles. The number of carbonyl (C=O) groups is 1. The van der Waals surface area contributed by atoms with E-state index in [2.05, 4.69) is 20.0 Å². The zero-order valence-corrected chi connectivity index (χ0v) is 7.92. The van der Waals surface area contributed by atoms with E-state index in [0.29, 0.717) is 5.82 Å². The molecule has 1 aromatic rings. The lowest BCUT2D eigenvalue weighted by Gasteiger charge is -2.02. The van der Waals surface area contributed by atoms with Crippen molar-refractivity contribution in [2.24, 2.45) is 0 Å². The Labute approximate surface area is 80.1 Å². The molecule has 1 heterocycles. The van der Waals surface area contributed by atoms with Crippen molar-refractivity contribution in [3.05, 3.63) is 17.0 Å². The molecule has 1 aromatic heterocycles. The number of carbonyl (C=O) groups excluding carboxylic acids is 1. The van der Waals surface area contributed by atoms with Crippen LogP contribution in [0.3, 0.4) is 0 Å². The van der Waals surface area contributed by atoms with Crippen molar-refractivity contribution >= 4 is 23.4 Å². The highest BCUT2D eigenvalue weighted by atomic mass is 35.5. The smallest absolute Gasteiger partial charge is 0.356 e. The van der Waals surface area contributed by atoms with Crippen LogP contribution in [0.1, 0.15) is 10.5 Å². The number of hydrogen-bond acceptors (Lipinski definition) is 5. The first-order chi connectivity index (χ1) is 6.17. The van der Waals surface area contributed by atoms with Gasteiger partial charge in [0.1, 0.15) is 5.82 Å². The van der Waals surface area contributed by atoms with Crippen LogP contribution in [0.15, 0.2) is 6.07 Å². The molecule has 0 saturated heterocycles. The Bertz CT molecular complexity index is 330. The van der Waals surface area contributed by atoms with Crippen molar-refractivity contribution in [3.63, 3.8) is 0 Å². The van der Waals surface area contributed by atoms with Crippen LogP contribution in [0.25, 0.3) is 0 Å². The standard InChI is InChI=1S/C7H8ClN3O2/c1-9-5-3-4(6(12)13-2)10-7(8)11-5/h3H,1-2H3,(H,9,10,11). The lowest BCUT2D eigenvalue weighted by molar-refractivity contribution is 0.0594. The summed E-state index contributed by atoms with van der Waals surface area (Å²) in [5.74, 6) is -0.0683. The largest absolute Gasteiger partial charge is 0.464 e. The second-order valence-electron chi connectivity index (χ2n) is 2.15. The van der Waals surface area contributed by atoms with Crippen LogP contribution in [-0.2, 0) is 4.74 Å². The Morgan fingerprint density at radius 1 is 1.62 bits per heavy atom. The number of esters is 1. The summed E-state index contributed by atoms with van der Waals surface area (Å²) in [6.07, 6.45) is 0. The van der Waals surface area contributed by atoms with Gasteiger partial charge in [-0.05, 0) is 11.6 Å². The molecule has 1 N–H and O–H groups in total. The molecule has 0 fully saturated rings. The monoisotopic (exact) mass is 201 g/mol. The zero-order valence-electron chi connectivity index (χ0n) is 7.17. The molecule has 0 unspecified atom stereocenters. The number of hydrogen-bond donors (Lipinski definition) is 1. The summed E-state index contributed by atoms with van der Waals surface area (Å²) in [5, 5.41) is 2.75. The molecule has 0 aliphatic carbocycles. The van der Waals surface area contributed by atoms with Gasteiger partial charge in [-0.15, -0.1) is 0 Å². The quantitative estimate of drug-likeness (QED) is 0.570. The van der Waals surface area contributed by atoms with Gasteiger partial charge in [-0.25, -0.2) is 14.8 Å². The minimum absolute atomic E-state index is 0.00671.